The molecule has 2 heteroatoms. The molecular weight excluding hydrogens is 186 g/mol. The van der Waals surface area contributed by atoms with E-state index in [1.807, 2.05) is 13.8 Å². The van der Waals surface area contributed by atoms with Gasteiger partial charge in [-0.1, -0.05) is 27.7 Å². The second-order valence-electron chi connectivity index (χ2n) is 5.27. The molecule has 1 atom stereocenters. The molecule has 0 aromatic heterocycles. The van der Waals surface area contributed by atoms with E-state index >= 15 is 0 Å². The second kappa shape index (κ2) is 6.49. The van der Waals surface area contributed by atoms with E-state index in [0.29, 0.717) is 12.0 Å². The highest BCUT2D eigenvalue weighted by Crippen LogP contribution is 2.20. The summed E-state index contributed by atoms with van der Waals surface area (Å²) in [6.45, 7) is 18.3. The highest BCUT2D eigenvalue weighted by atomic mass is 16.5. The van der Waals surface area contributed by atoms with Gasteiger partial charge in [0.25, 0.3) is 0 Å². The molecule has 1 saturated heterocycles. The van der Waals surface area contributed by atoms with Crippen LogP contribution in [0.1, 0.15) is 48.5 Å². The topological polar surface area (TPSA) is 12.5 Å². The lowest BCUT2D eigenvalue weighted by Gasteiger charge is -2.42. The molecule has 15 heavy (non-hydrogen) atoms. The summed E-state index contributed by atoms with van der Waals surface area (Å²) in [5.74, 6) is 0.630. The van der Waals surface area contributed by atoms with Crippen LogP contribution in [0.4, 0.5) is 0 Å². The lowest BCUT2D eigenvalue weighted by molar-refractivity contribution is -0.0759. The summed E-state index contributed by atoms with van der Waals surface area (Å²) >= 11 is 0. The zero-order chi connectivity index (χ0) is 12.1. The lowest BCUT2D eigenvalue weighted by atomic mass is 10.0. The van der Waals surface area contributed by atoms with Gasteiger partial charge in [-0.15, -0.1) is 0 Å². The maximum atomic E-state index is 5.72. The summed E-state index contributed by atoms with van der Waals surface area (Å²) in [6.07, 6.45) is 0.424. The Morgan fingerprint density at radius 2 is 1.73 bits per heavy atom. The van der Waals surface area contributed by atoms with Crippen molar-refractivity contribution in [1.29, 1.82) is 0 Å². The van der Waals surface area contributed by atoms with Crippen LogP contribution in [-0.4, -0.2) is 36.2 Å². The fourth-order valence-electron chi connectivity index (χ4n) is 1.69. The normalized spacial score (nSPS) is 23.6. The predicted octanol–water partition coefficient (Wildman–Crippen LogP) is 3.17. The first-order valence-corrected chi connectivity index (χ1v) is 6.28. The Balaban J connectivity index is 0.000000921. The number of morpholine rings is 1. The molecule has 0 amide bonds. The Hall–Kier alpha value is -0.0800. The summed E-state index contributed by atoms with van der Waals surface area (Å²) in [4.78, 5) is 2.52. The van der Waals surface area contributed by atoms with E-state index in [4.69, 9.17) is 4.74 Å². The maximum absolute atomic E-state index is 5.72. The van der Waals surface area contributed by atoms with E-state index in [2.05, 4.69) is 39.5 Å². The molecule has 0 aromatic rings. The van der Waals surface area contributed by atoms with Gasteiger partial charge >= 0.3 is 0 Å². The predicted molar refractivity (Wildman–Crippen MR) is 67.3 cm³/mol. The van der Waals surface area contributed by atoms with Gasteiger partial charge in [0.1, 0.15) is 0 Å². The number of nitrogens with zero attached hydrogens (tertiary/aromatic N) is 1. The van der Waals surface area contributed by atoms with Crippen LogP contribution in [0.25, 0.3) is 0 Å². The van der Waals surface area contributed by atoms with Gasteiger partial charge in [0.15, 0.2) is 0 Å². The largest absolute Gasteiger partial charge is 0.375 e. The Bertz CT molecular complexity index is 160. The SMILES string of the molecule is CC.CC(C)C1CN(C(C)(C)C)CCO1. The number of ether oxygens (including phenoxy) is 1. The number of rotatable bonds is 1. The third-order valence-electron chi connectivity index (χ3n) is 2.79. The van der Waals surface area contributed by atoms with Gasteiger partial charge in [0.05, 0.1) is 12.7 Å². The molecule has 92 valence electrons. The Morgan fingerprint density at radius 3 is 2.13 bits per heavy atom. The Labute approximate surface area is 96.0 Å². The zero-order valence-electron chi connectivity index (χ0n) is 11.6. The maximum Gasteiger partial charge on any atom is 0.0725 e. The summed E-state index contributed by atoms with van der Waals surface area (Å²) in [7, 11) is 0. The first-order valence-electron chi connectivity index (χ1n) is 6.28. The van der Waals surface area contributed by atoms with E-state index < -0.39 is 0 Å². The van der Waals surface area contributed by atoms with Gasteiger partial charge in [0, 0.05) is 18.6 Å². The summed E-state index contributed by atoms with van der Waals surface area (Å²) in [5.41, 5.74) is 0.289. The minimum atomic E-state index is 0.289. The van der Waals surface area contributed by atoms with Crippen LogP contribution in [0.2, 0.25) is 0 Å². The molecule has 1 heterocycles. The minimum Gasteiger partial charge on any atom is -0.375 e. The molecule has 0 aliphatic carbocycles. The van der Waals surface area contributed by atoms with Gasteiger partial charge in [-0.3, -0.25) is 4.90 Å². The molecule has 0 aromatic carbocycles. The summed E-state index contributed by atoms with van der Waals surface area (Å²) in [5, 5.41) is 0. The quantitative estimate of drug-likeness (QED) is 0.666. The van der Waals surface area contributed by atoms with Crippen LogP contribution in [0, 0.1) is 5.92 Å². The average molecular weight is 215 g/mol. The first kappa shape index (κ1) is 14.9. The molecular formula is C13H29NO. The van der Waals surface area contributed by atoms with E-state index in [1.54, 1.807) is 0 Å². The van der Waals surface area contributed by atoms with Gasteiger partial charge < -0.3 is 4.74 Å². The van der Waals surface area contributed by atoms with Crippen LogP contribution in [0.5, 0.6) is 0 Å². The molecule has 1 aliphatic rings. The summed E-state index contributed by atoms with van der Waals surface area (Å²) < 4.78 is 5.72. The molecule has 0 N–H and O–H groups in total. The van der Waals surface area contributed by atoms with Crippen molar-refractivity contribution in [3.63, 3.8) is 0 Å². The highest BCUT2D eigenvalue weighted by Gasteiger charge is 2.29. The van der Waals surface area contributed by atoms with Gasteiger partial charge in [0.2, 0.25) is 0 Å². The van der Waals surface area contributed by atoms with Crippen molar-refractivity contribution in [2.75, 3.05) is 19.7 Å². The highest BCUT2D eigenvalue weighted by molar-refractivity contribution is 4.82. The lowest BCUT2D eigenvalue weighted by Crippen LogP contribution is -2.52. The van der Waals surface area contributed by atoms with E-state index in [0.717, 1.165) is 19.7 Å². The molecule has 2 nitrogen and oxygen atoms in total. The minimum absolute atomic E-state index is 0.289. The molecule has 1 aliphatic heterocycles. The number of hydrogen-bond donors (Lipinski definition) is 0. The van der Waals surface area contributed by atoms with Crippen molar-refractivity contribution in [3.8, 4) is 0 Å². The standard InChI is InChI=1S/C11H23NO.C2H6/c1-9(2)10-8-12(6-7-13-10)11(3,4)5;1-2/h9-10H,6-8H2,1-5H3;1-2H3. The number of hydrogen-bond acceptors (Lipinski definition) is 2. The van der Waals surface area contributed by atoms with Crippen LogP contribution >= 0.6 is 0 Å². The van der Waals surface area contributed by atoms with Gasteiger partial charge in [-0.25, -0.2) is 0 Å². The third-order valence-corrected chi connectivity index (χ3v) is 2.79. The van der Waals surface area contributed by atoms with E-state index in [9.17, 15) is 0 Å². The summed E-state index contributed by atoms with van der Waals surface area (Å²) in [6, 6.07) is 0. The van der Waals surface area contributed by atoms with E-state index in [-0.39, 0.29) is 5.54 Å². The first-order chi connectivity index (χ1) is 6.91. The van der Waals surface area contributed by atoms with Crippen molar-refractivity contribution < 1.29 is 4.74 Å². The van der Waals surface area contributed by atoms with E-state index in [1.165, 1.54) is 0 Å². The molecule has 1 unspecified atom stereocenters. The third kappa shape index (κ3) is 4.98. The Kier molecular flexibility index (Phi) is 6.46. The molecule has 1 fully saturated rings. The zero-order valence-corrected chi connectivity index (χ0v) is 11.6. The smallest absolute Gasteiger partial charge is 0.0725 e. The molecule has 0 radical (unpaired) electrons. The van der Waals surface area contributed by atoms with Crippen LogP contribution in [0.15, 0.2) is 0 Å². The average Bonchev–Trinajstić information content (AvgIpc) is 2.20. The van der Waals surface area contributed by atoms with Crippen molar-refractivity contribution in [2.45, 2.75) is 60.1 Å². The van der Waals surface area contributed by atoms with Crippen molar-refractivity contribution >= 4 is 0 Å². The Morgan fingerprint density at radius 1 is 1.20 bits per heavy atom. The van der Waals surface area contributed by atoms with Crippen molar-refractivity contribution in [2.24, 2.45) is 5.92 Å². The molecule has 1 rings (SSSR count). The monoisotopic (exact) mass is 215 g/mol. The molecule has 0 saturated carbocycles. The van der Waals surface area contributed by atoms with Gasteiger partial charge in [-0.05, 0) is 26.7 Å². The van der Waals surface area contributed by atoms with Gasteiger partial charge in [-0.2, -0.15) is 0 Å². The van der Waals surface area contributed by atoms with Crippen molar-refractivity contribution in [3.05, 3.63) is 0 Å². The molecule has 0 bridgehead atoms. The molecule has 0 spiro atoms. The van der Waals surface area contributed by atoms with Crippen LogP contribution in [-0.2, 0) is 4.74 Å². The fourth-order valence-corrected chi connectivity index (χ4v) is 1.69. The second-order valence-corrected chi connectivity index (χ2v) is 5.27. The van der Waals surface area contributed by atoms with Crippen LogP contribution < -0.4 is 0 Å². The fraction of sp³-hybridized carbons (Fsp3) is 1.00. The van der Waals surface area contributed by atoms with Crippen molar-refractivity contribution in [1.82, 2.24) is 4.90 Å². The van der Waals surface area contributed by atoms with Crippen LogP contribution in [0.3, 0.4) is 0 Å².